The number of nitrogens with one attached hydrogen (secondary N) is 2. The Morgan fingerprint density at radius 2 is 2.05 bits per heavy atom. The number of H-pyrrole nitrogens is 1. The quantitative estimate of drug-likeness (QED) is 0.722. The maximum atomic E-state index is 11.1. The topological polar surface area (TPSA) is 82.2 Å². The van der Waals surface area contributed by atoms with E-state index in [2.05, 4.69) is 10.3 Å². The summed E-state index contributed by atoms with van der Waals surface area (Å²) in [6.45, 7) is 1.31. The molecular weight excluding hydrogens is 271 g/mol. The number of carboxylic acids is 1. The van der Waals surface area contributed by atoms with Gasteiger partial charge in [-0.2, -0.15) is 0 Å². The average Bonchev–Trinajstić information content (AvgIpc) is 2.71. The SMILES string of the molecule is CC(=O)N[C@@H](Cc1c[nH]c2ccccc12)C(=O)O.[KH]. The molecule has 1 amide bonds. The second-order valence-electron chi connectivity index (χ2n) is 4.15. The van der Waals surface area contributed by atoms with E-state index < -0.39 is 12.0 Å². The fourth-order valence-corrected chi connectivity index (χ4v) is 1.97. The van der Waals surface area contributed by atoms with Crippen molar-refractivity contribution in [3.63, 3.8) is 0 Å². The van der Waals surface area contributed by atoms with Crippen LogP contribution < -0.4 is 5.32 Å². The van der Waals surface area contributed by atoms with Gasteiger partial charge in [0.25, 0.3) is 0 Å². The molecule has 19 heavy (non-hydrogen) atoms. The molecule has 0 aliphatic rings. The van der Waals surface area contributed by atoms with Crippen molar-refractivity contribution in [1.29, 1.82) is 0 Å². The Hall–Kier alpha value is -0.664. The van der Waals surface area contributed by atoms with Gasteiger partial charge in [-0.25, -0.2) is 4.79 Å². The van der Waals surface area contributed by atoms with Gasteiger partial charge in [0, 0.05) is 30.4 Å². The van der Waals surface area contributed by atoms with E-state index in [1.807, 2.05) is 24.3 Å². The predicted molar refractivity (Wildman–Crippen MR) is 74.4 cm³/mol. The van der Waals surface area contributed by atoms with Crippen LogP contribution >= 0.6 is 0 Å². The van der Waals surface area contributed by atoms with Gasteiger partial charge in [0.15, 0.2) is 0 Å². The summed E-state index contributed by atoms with van der Waals surface area (Å²) in [6, 6.07) is 6.75. The molecule has 0 aliphatic heterocycles. The van der Waals surface area contributed by atoms with E-state index in [1.165, 1.54) is 6.92 Å². The van der Waals surface area contributed by atoms with Gasteiger partial charge in [0.1, 0.15) is 6.04 Å². The van der Waals surface area contributed by atoms with E-state index >= 15 is 0 Å². The zero-order valence-corrected chi connectivity index (χ0v) is 9.93. The number of para-hydroxylation sites is 1. The molecule has 1 heterocycles. The van der Waals surface area contributed by atoms with Crippen LogP contribution in [0, 0.1) is 0 Å². The summed E-state index contributed by atoms with van der Waals surface area (Å²) in [5, 5.41) is 12.5. The van der Waals surface area contributed by atoms with Crippen molar-refractivity contribution >= 4 is 74.2 Å². The number of aliphatic carboxylic acids is 1. The first-order valence-corrected chi connectivity index (χ1v) is 5.63. The molecule has 1 aromatic heterocycles. The molecule has 0 fully saturated rings. The Morgan fingerprint density at radius 1 is 1.37 bits per heavy atom. The molecule has 5 nitrogen and oxygen atoms in total. The van der Waals surface area contributed by atoms with Gasteiger partial charge in [-0.3, -0.25) is 4.79 Å². The van der Waals surface area contributed by atoms with Crippen LogP contribution in [-0.4, -0.2) is 79.4 Å². The summed E-state index contributed by atoms with van der Waals surface area (Å²) in [7, 11) is 0. The Morgan fingerprint density at radius 3 is 2.68 bits per heavy atom. The first kappa shape index (κ1) is 16.4. The number of carbonyl (C=O) groups excluding carboxylic acids is 1. The zero-order chi connectivity index (χ0) is 13.1. The molecule has 2 rings (SSSR count). The number of rotatable bonds is 4. The standard InChI is InChI=1S/C13H14N2O3.K.H/c1-8(16)15-12(13(17)18)6-9-7-14-11-5-3-2-4-10(9)11;;/h2-5,7,12,14H,6H2,1H3,(H,15,16)(H,17,18);;/t12-;;/m0../s1. The molecule has 2 aromatic rings. The van der Waals surface area contributed by atoms with Crippen LogP contribution in [0.1, 0.15) is 12.5 Å². The Labute approximate surface area is 153 Å². The first-order chi connectivity index (χ1) is 8.58. The minimum atomic E-state index is -1.03. The second kappa shape index (κ2) is 7.21. The molecule has 0 bridgehead atoms. The van der Waals surface area contributed by atoms with Gasteiger partial charge in [0.2, 0.25) is 5.91 Å². The maximum absolute atomic E-state index is 11.1. The number of amides is 1. The van der Waals surface area contributed by atoms with Gasteiger partial charge in [-0.1, -0.05) is 18.2 Å². The fraction of sp³-hybridized carbons (Fsp3) is 0.231. The van der Waals surface area contributed by atoms with Crippen molar-refractivity contribution < 1.29 is 14.7 Å². The third kappa shape index (κ3) is 4.15. The number of aromatic nitrogens is 1. The molecule has 1 atom stereocenters. The predicted octanol–water partition coefficient (Wildman–Crippen LogP) is 0.651. The molecule has 0 saturated heterocycles. The number of fused-ring (bicyclic) bond motifs is 1. The van der Waals surface area contributed by atoms with Gasteiger partial charge in [0.05, 0.1) is 0 Å². The molecule has 96 valence electrons. The van der Waals surface area contributed by atoms with Crippen molar-refractivity contribution in [3.05, 3.63) is 36.0 Å². The summed E-state index contributed by atoms with van der Waals surface area (Å²) in [5.41, 5.74) is 1.84. The number of hydrogen-bond acceptors (Lipinski definition) is 2. The van der Waals surface area contributed by atoms with E-state index in [-0.39, 0.29) is 63.7 Å². The molecule has 0 aliphatic carbocycles. The van der Waals surface area contributed by atoms with Crippen molar-refractivity contribution in [3.8, 4) is 0 Å². The van der Waals surface area contributed by atoms with Crippen molar-refractivity contribution in [2.45, 2.75) is 19.4 Å². The normalized spacial score (nSPS) is 11.6. The van der Waals surface area contributed by atoms with Crippen molar-refractivity contribution in [2.24, 2.45) is 0 Å². The third-order valence-electron chi connectivity index (χ3n) is 2.77. The van der Waals surface area contributed by atoms with Gasteiger partial charge in [-0.05, 0) is 11.6 Å². The van der Waals surface area contributed by atoms with E-state index in [4.69, 9.17) is 5.11 Å². The number of carbonyl (C=O) groups is 2. The van der Waals surface area contributed by atoms with E-state index in [0.29, 0.717) is 0 Å². The minimum absolute atomic E-state index is 0. The average molecular weight is 286 g/mol. The van der Waals surface area contributed by atoms with Crippen LogP contribution in [0.3, 0.4) is 0 Å². The van der Waals surface area contributed by atoms with Gasteiger partial charge in [-0.15, -0.1) is 0 Å². The van der Waals surface area contributed by atoms with E-state index in [0.717, 1.165) is 16.5 Å². The number of benzene rings is 1. The number of aromatic amines is 1. The Kier molecular flexibility index (Phi) is 6.22. The summed E-state index contributed by atoms with van der Waals surface area (Å²) in [6.07, 6.45) is 2.04. The Balaban J connectivity index is 0.00000180. The summed E-state index contributed by atoms with van der Waals surface area (Å²) >= 11 is 0. The number of hydrogen-bond donors (Lipinski definition) is 3. The fourth-order valence-electron chi connectivity index (χ4n) is 1.97. The molecule has 0 unspecified atom stereocenters. The van der Waals surface area contributed by atoms with Crippen LogP contribution in [-0.2, 0) is 16.0 Å². The zero-order valence-electron chi connectivity index (χ0n) is 9.93. The van der Waals surface area contributed by atoms with Crippen LogP contribution in [0.2, 0.25) is 0 Å². The third-order valence-corrected chi connectivity index (χ3v) is 2.77. The number of carboxylic acid groups (broad SMARTS) is 1. The molecule has 1 aromatic carbocycles. The van der Waals surface area contributed by atoms with Crippen LogP contribution in [0.25, 0.3) is 10.9 Å². The van der Waals surface area contributed by atoms with Gasteiger partial charge >= 0.3 is 57.4 Å². The monoisotopic (exact) mass is 286 g/mol. The van der Waals surface area contributed by atoms with Crippen molar-refractivity contribution in [1.82, 2.24) is 10.3 Å². The van der Waals surface area contributed by atoms with Gasteiger partial charge < -0.3 is 15.4 Å². The molecular formula is C13H15KN2O3. The molecule has 3 N–H and O–H groups in total. The van der Waals surface area contributed by atoms with Crippen molar-refractivity contribution in [2.75, 3.05) is 0 Å². The van der Waals surface area contributed by atoms with E-state index in [1.54, 1.807) is 6.20 Å². The summed E-state index contributed by atoms with van der Waals surface area (Å²) in [4.78, 5) is 25.1. The summed E-state index contributed by atoms with van der Waals surface area (Å²) < 4.78 is 0. The van der Waals surface area contributed by atoms with Crippen LogP contribution in [0.5, 0.6) is 0 Å². The first-order valence-electron chi connectivity index (χ1n) is 5.63. The molecule has 0 radical (unpaired) electrons. The second-order valence-corrected chi connectivity index (χ2v) is 4.15. The van der Waals surface area contributed by atoms with E-state index in [9.17, 15) is 9.59 Å². The Bertz CT molecular complexity index is 594. The summed E-state index contributed by atoms with van der Waals surface area (Å²) in [5.74, 6) is -1.38. The van der Waals surface area contributed by atoms with Crippen LogP contribution in [0.4, 0.5) is 0 Å². The van der Waals surface area contributed by atoms with Crippen LogP contribution in [0.15, 0.2) is 30.5 Å². The molecule has 0 spiro atoms. The molecule has 0 saturated carbocycles. The molecule has 6 heteroatoms.